The van der Waals surface area contributed by atoms with Crippen molar-refractivity contribution in [2.75, 3.05) is 72.5 Å². The summed E-state index contributed by atoms with van der Waals surface area (Å²) in [4.78, 5) is 12.0. The SMILES string of the molecule is CCN(CC)CCCC(C)NC(=NC)NCC(C)CN1CCN(CC)CC1.I. The zero-order valence-electron chi connectivity index (χ0n) is 19.3. The number of guanidine groups is 1. The second kappa shape index (κ2) is 16.7. The third-order valence-corrected chi connectivity index (χ3v) is 5.71. The van der Waals surface area contributed by atoms with Crippen LogP contribution in [0.3, 0.4) is 0 Å². The van der Waals surface area contributed by atoms with Gasteiger partial charge in [-0.25, -0.2) is 0 Å². The van der Waals surface area contributed by atoms with Crippen molar-refractivity contribution in [1.82, 2.24) is 25.3 Å². The van der Waals surface area contributed by atoms with E-state index in [1.807, 2.05) is 7.05 Å². The van der Waals surface area contributed by atoms with Gasteiger partial charge in [0.1, 0.15) is 0 Å². The number of hydrogen-bond acceptors (Lipinski definition) is 4. The lowest BCUT2D eigenvalue weighted by molar-refractivity contribution is 0.124. The predicted octanol–water partition coefficient (Wildman–Crippen LogP) is 2.55. The van der Waals surface area contributed by atoms with Crippen molar-refractivity contribution < 1.29 is 0 Å². The molecule has 1 aliphatic rings. The second-order valence-corrected chi connectivity index (χ2v) is 8.01. The zero-order chi connectivity index (χ0) is 20.1. The summed E-state index contributed by atoms with van der Waals surface area (Å²) in [5, 5.41) is 7.07. The second-order valence-electron chi connectivity index (χ2n) is 8.01. The van der Waals surface area contributed by atoms with Crippen LogP contribution in [0.5, 0.6) is 0 Å². The van der Waals surface area contributed by atoms with E-state index in [9.17, 15) is 0 Å². The molecule has 1 aliphatic heterocycles. The quantitative estimate of drug-likeness (QED) is 0.240. The molecule has 0 spiro atoms. The Kier molecular flexibility index (Phi) is 16.6. The Morgan fingerprint density at radius 3 is 2.18 bits per heavy atom. The van der Waals surface area contributed by atoms with Crippen LogP contribution in [0, 0.1) is 5.92 Å². The predicted molar refractivity (Wildman–Crippen MR) is 134 cm³/mol. The molecule has 0 aromatic rings. The fourth-order valence-corrected chi connectivity index (χ4v) is 3.73. The Labute approximate surface area is 191 Å². The molecule has 0 aromatic carbocycles. The highest BCUT2D eigenvalue weighted by atomic mass is 127. The van der Waals surface area contributed by atoms with Gasteiger partial charge in [0, 0.05) is 52.4 Å². The van der Waals surface area contributed by atoms with Gasteiger partial charge in [-0.15, -0.1) is 24.0 Å². The van der Waals surface area contributed by atoms with E-state index in [0.717, 1.165) is 25.6 Å². The fourth-order valence-electron chi connectivity index (χ4n) is 3.73. The molecule has 0 amide bonds. The molecule has 1 rings (SSSR count). The van der Waals surface area contributed by atoms with Crippen LogP contribution in [-0.2, 0) is 0 Å². The lowest BCUT2D eigenvalue weighted by Crippen LogP contribution is -2.49. The first-order valence-corrected chi connectivity index (χ1v) is 11.2. The van der Waals surface area contributed by atoms with E-state index in [-0.39, 0.29) is 24.0 Å². The summed E-state index contributed by atoms with van der Waals surface area (Å²) in [5.41, 5.74) is 0. The van der Waals surface area contributed by atoms with E-state index in [0.29, 0.717) is 12.0 Å². The van der Waals surface area contributed by atoms with Crippen molar-refractivity contribution in [3.63, 3.8) is 0 Å². The van der Waals surface area contributed by atoms with Gasteiger partial charge in [0.15, 0.2) is 5.96 Å². The highest BCUT2D eigenvalue weighted by Crippen LogP contribution is 2.05. The largest absolute Gasteiger partial charge is 0.356 e. The van der Waals surface area contributed by atoms with Gasteiger partial charge < -0.3 is 25.3 Å². The Balaban J connectivity index is 0.00000729. The fraction of sp³-hybridized carbons (Fsp3) is 0.952. The molecule has 168 valence electrons. The van der Waals surface area contributed by atoms with Crippen molar-refractivity contribution in [1.29, 1.82) is 0 Å². The van der Waals surface area contributed by atoms with Crippen LogP contribution in [0.2, 0.25) is 0 Å². The lowest BCUT2D eigenvalue weighted by Gasteiger charge is -2.35. The number of piperazine rings is 1. The minimum Gasteiger partial charge on any atom is -0.356 e. The van der Waals surface area contributed by atoms with Crippen molar-refractivity contribution in [3.8, 4) is 0 Å². The number of nitrogens with zero attached hydrogens (tertiary/aromatic N) is 4. The van der Waals surface area contributed by atoms with Crippen LogP contribution < -0.4 is 10.6 Å². The van der Waals surface area contributed by atoms with Crippen molar-refractivity contribution in [2.24, 2.45) is 10.9 Å². The molecule has 1 heterocycles. The molecule has 2 N–H and O–H groups in total. The summed E-state index contributed by atoms with van der Waals surface area (Å²) >= 11 is 0. The Hall–Kier alpha value is -0.120. The minimum atomic E-state index is 0. The molecular formula is C21H47IN6. The molecule has 2 unspecified atom stereocenters. The Morgan fingerprint density at radius 2 is 1.64 bits per heavy atom. The summed E-state index contributed by atoms with van der Waals surface area (Å²) < 4.78 is 0. The van der Waals surface area contributed by atoms with Gasteiger partial charge in [-0.1, -0.05) is 27.7 Å². The van der Waals surface area contributed by atoms with E-state index in [1.165, 1.54) is 58.7 Å². The van der Waals surface area contributed by atoms with Crippen LogP contribution in [0.15, 0.2) is 4.99 Å². The number of nitrogens with one attached hydrogen (secondary N) is 2. The minimum absolute atomic E-state index is 0. The normalized spacial score (nSPS) is 18.6. The molecule has 0 saturated carbocycles. The van der Waals surface area contributed by atoms with E-state index < -0.39 is 0 Å². The van der Waals surface area contributed by atoms with Crippen LogP contribution in [-0.4, -0.2) is 99.2 Å². The third-order valence-electron chi connectivity index (χ3n) is 5.71. The third kappa shape index (κ3) is 11.8. The number of aliphatic imine (C=N–C) groups is 1. The topological polar surface area (TPSA) is 46.1 Å². The first-order chi connectivity index (χ1) is 13.0. The highest BCUT2D eigenvalue weighted by molar-refractivity contribution is 14.0. The average Bonchev–Trinajstić information content (AvgIpc) is 2.69. The monoisotopic (exact) mass is 510 g/mol. The van der Waals surface area contributed by atoms with Crippen molar-refractivity contribution >= 4 is 29.9 Å². The van der Waals surface area contributed by atoms with Crippen LogP contribution in [0.25, 0.3) is 0 Å². The number of likely N-dealkylation sites (N-methyl/N-ethyl adjacent to an activating group) is 1. The lowest BCUT2D eigenvalue weighted by atomic mass is 10.1. The molecule has 6 nitrogen and oxygen atoms in total. The maximum atomic E-state index is 4.41. The molecule has 7 heteroatoms. The summed E-state index contributed by atoms with van der Waals surface area (Å²) in [6, 6.07) is 0.448. The molecule has 2 atom stereocenters. The molecule has 1 fully saturated rings. The molecule has 0 aliphatic carbocycles. The number of halogens is 1. The van der Waals surface area contributed by atoms with E-state index in [4.69, 9.17) is 0 Å². The summed E-state index contributed by atoms with van der Waals surface area (Å²) in [6.07, 6.45) is 2.40. The zero-order valence-corrected chi connectivity index (χ0v) is 21.7. The number of rotatable bonds is 12. The van der Waals surface area contributed by atoms with Gasteiger partial charge >= 0.3 is 0 Å². The van der Waals surface area contributed by atoms with Crippen molar-refractivity contribution in [2.45, 2.75) is 53.5 Å². The summed E-state index contributed by atoms with van der Waals surface area (Å²) in [6.45, 7) is 23.0. The van der Waals surface area contributed by atoms with Crippen molar-refractivity contribution in [3.05, 3.63) is 0 Å². The van der Waals surface area contributed by atoms with Gasteiger partial charge in [-0.3, -0.25) is 4.99 Å². The maximum Gasteiger partial charge on any atom is 0.191 e. The smallest absolute Gasteiger partial charge is 0.191 e. The molecule has 0 aromatic heterocycles. The summed E-state index contributed by atoms with van der Waals surface area (Å²) in [5.74, 6) is 1.56. The van der Waals surface area contributed by atoms with Crippen LogP contribution >= 0.6 is 24.0 Å². The number of hydrogen-bond donors (Lipinski definition) is 2. The molecule has 1 saturated heterocycles. The molecule has 28 heavy (non-hydrogen) atoms. The molecular weight excluding hydrogens is 463 g/mol. The summed E-state index contributed by atoms with van der Waals surface area (Å²) in [7, 11) is 1.87. The van der Waals surface area contributed by atoms with Gasteiger partial charge in [0.25, 0.3) is 0 Å². The first-order valence-electron chi connectivity index (χ1n) is 11.2. The maximum absolute atomic E-state index is 4.41. The van der Waals surface area contributed by atoms with E-state index in [1.54, 1.807) is 0 Å². The first kappa shape index (κ1) is 27.9. The van der Waals surface area contributed by atoms with Crippen LogP contribution in [0.4, 0.5) is 0 Å². The Morgan fingerprint density at radius 1 is 1.04 bits per heavy atom. The van der Waals surface area contributed by atoms with Crippen LogP contribution in [0.1, 0.15) is 47.5 Å². The van der Waals surface area contributed by atoms with E-state index in [2.05, 4.69) is 64.9 Å². The molecule has 0 bridgehead atoms. The molecule has 0 radical (unpaired) electrons. The van der Waals surface area contributed by atoms with Gasteiger partial charge in [0.2, 0.25) is 0 Å². The Bertz CT molecular complexity index is 394. The highest BCUT2D eigenvalue weighted by Gasteiger charge is 2.17. The van der Waals surface area contributed by atoms with Gasteiger partial charge in [-0.2, -0.15) is 0 Å². The average molecular weight is 511 g/mol. The van der Waals surface area contributed by atoms with E-state index >= 15 is 0 Å². The van der Waals surface area contributed by atoms with Gasteiger partial charge in [0.05, 0.1) is 0 Å². The standard InChI is InChI=1S/C21H46N6.HI/c1-7-25(8-2)12-10-11-20(5)24-21(22-6)23-17-19(4)18-27-15-13-26(9-3)14-16-27;/h19-20H,7-18H2,1-6H3,(H2,22,23,24);1H. The van der Waals surface area contributed by atoms with Gasteiger partial charge in [-0.05, 0) is 51.9 Å².